The number of anilines is 1. The van der Waals surface area contributed by atoms with Gasteiger partial charge in [0.1, 0.15) is 17.9 Å². The normalized spacial score (nSPS) is 10.2. The van der Waals surface area contributed by atoms with E-state index in [0.29, 0.717) is 18.9 Å². The standard InChI is InChI=1S/C16H16BrNO3/c1-11-10-12(6-7-14(11)17)18-8-9-21-15-5-3-2-4-13(15)16(19)20/h2-7,10,18H,8-9H2,1H3,(H,19,20). The number of carbonyl (C=O) groups is 1. The summed E-state index contributed by atoms with van der Waals surface area (Å²) in [5, 5.41) is 12.3. The highest BCUT2D eigenvalue weighted by Crippen LogP contribution is 2.20. The lowest BCUT2D eigenvalue weighted by Crippen LogP contribution is -2.13. The maximum Gasteiger partial charge on any atom is 0.339 e. The summed E-state index contributed by atoms with van der Waals surface area (Å²) in [7, 11) is 0. The monoisotopic (exact) mass is 349 g/mol. The van der Waals surface area contributed by atoms with Crippen molar-refractivity contribution in [1.82, 2.24) is 0 Å². The van der Waals surface area contributed by atoms with E-state index in [9.17, 15) is 4.79 Å². The van der Waals surface area contributed by atoms with Gasteiger partial charge < -0.3 is 15.2 Å². The van der Waals surface area contributed by atoms with Crippen LogP contribution in [0.25, 0.3) is 0 Å². The number of aromatic carboxylic acids is 1. The van der Waals surface area contributed by atoms with E-state index in [1.807, 2.05) is 25.1 Å². The summed E-state index contributed by atoms with van der Waals surface area (Å²) in [6, 6.07) is 12.6. The van der Waals surface area contributed by atoms with Crippen molar-refractivity contribution in [2.75, 3.05) is 18.5 Å². The topological polar surface area (TPSA) is 58.6 Å². The summed E-state index contributed by atoms with van der Waals surface area (Å²) >= 11 is 3.46. The summed E-state index contributed by atoms with van der Waals surface area (Å²) in [6.45, 7) is 3.00. The third-order valence-electron chi connectivity index (χ3n) is 2.96. The lowest BCUT2D eigenvalue weighted by molar-refractivity contribution is 0.0692. The van der Waals surface area contributed by atoms with Gasteiger partial charge in [0.25, 0.3) is 0 Å². The number of carboxylic acids is 1. The van der Waals surface area contributed by atoms with Gasteiger partial charge in [0, 0.05) is 16.7 Å². The first-order chi connectivity index (χ1) is 10.1. The average Bonchev–Trinajstić information content (AvgIpc) is 2.47. The van der Waals surface area contributed by atoms with E-state index in [0.717, 1.165) is 15.7 Å². The second-order valence-corrected chi connectivity index (χ2v) is 5.39. The molecule has 0 heterocycles. The van der Waals surface area contributed by atoms with E-state index in [-0.39, 0.29) is 5.56 Å². The molecule has 21 heavy (non-hydrogen) atoms. The molecule has 0 aliphatic rings. The molecule has 5 heteroatoms. The number of nitrogens with one attached hydrogen (secondary N) is 1. The molecule has 0 bridgehead atoms. The Morgan fingerprint density at radius 3 is 2.76 bits per heavy atom. The van der Waals surface area contributed by atoms with E-state index in [1.165, 1.54) is 6.07 Å². The van der Waals surface area contributed by atoms with Gasteiger partial charge in [-0.2, -0.15) is 0 Å². The average molecular weight is 350 g/mol. The third-order valence-corrected chi connectivity index (χ3v) is 3.85. The SMILES string of the molecule is Cc1cc(NCCOc2ccccc2C(=O)O)ccc1Br. The van der Waals surface area contributed by atoms with Gasteiger partial charge in [-0.05, 0) is 42.8 Å². The minimum Gasteiger partial charge on any atom is -0.491 e. The fraction of sp³-hybridized carbons (Fsp3) is 0.188. The Labute approximate surface area is 131 Å². The molecule has 0 amide bonds. The van der Waals surface area contributed by atoms with Crippen LogP contribution in [0.15, 0.2) is 46.9 Å². The summed E-state index contributed by atoms with van der Waals surface area (Å²) in [5.74, 6) is -0.596. The van der Waals surface area contributed by atoms with Crippen LogP contribution >= 0.6 is 15.9 Å². The number of hydrogen-bond donors (Lipinski definition) is 2. The molecule has 0 radical (unpaired) electrons. The van der Waals surface area contributed by atoms with Crippen molar-refractivity contribution in [3.05, 3.63) is 58.1 Å². The first-order valence-corrected chi connectivity index (χ1v) is 7.32. The zero-order valence-corrected chi connectivity index (χ0v) is 13.2. The molecule has 2 rings (SSSR count). The highest BCUT2D eigenvalue weighted by atomic mass is 79.9. The largest absolute Gasteiger partial charge is 0.491 e. The fourth-order valence-electron chi connectivity index (χ4n) is 1.88. The quantitative estimate of drug-likeness (QED) is 0.775. The van der Waals surface area contributed by atoms with Gasteiger partial charge in [-0.15, -0.1) is 0 Å². The Kier molecular flexibility index (Phi) is 5.22. The summed E-state index contributed by atoms with van der Waals surface area (Å²) in [6.07, 6.45) is 0. The molecule has 2 N–H and O–H groups in total. The molecule has 0 spiro atoms. The van der Waals surface area contributed by atoms with Crippen LogP contribution in [0.3, 0.4) is 0 Å². The first kappa shape index (κ1) is 15.4. The van der Waals surface area contributed by atoms with Crippen LogP contribution in [0.2, 0.25) is 0 Å². The van der Waals surface area contributed by atoms with Crippen LogP contribution in [0, 0.1) is 6.92 Å². The Bertz CT molecular complexity index is 643. The van der Waals surface area contributed by atoms with E-state index in [1.54, 1.807) is 18.2 Å². The van der Waals surface area contributed by atoms with E-state index >= 15 is 0 Å². The molecule has 0 aliphatic carbocycles. The van der Waals surface area contributed by atoms with E-state index in [4.69, 9.17) is 9.84 Å². The highest BCUT2D eigenvalue weighted by Gasteiger charge is 2.09. The van der Waals surface area contributed by atoms with Crippen molar-refractivity contribution in [3.63, 3.8) is 0 Å². The van der Waals surface area contributed by atoms with Gasteiger partial charge >= 0.3 is 5.97 Å². The van der Waals surface area contributed by atoms with Crippen molar-refractivity contribution >= 4 is 27.6 Å². The number of ether oxygens (including phenoxy) is 1. The first-order valence-electron chi connectivity index (χ1n) is 6.53. The number of carboxylic acid groups (broad SMARTS) is 1. The van der Waals surface area contributed by atoms with Crippen LogP contribution in [0.4, 0.5) is 5.69 Å². The molecule has 0 unspecified atom stereocenters. The maximum absolute atomic E-state index is 11.0. The predicted molar refractivity (Wildman–Crippen MR) is 86.3 cm³/mol. The summed E-state index contributed by atoms with van der Waals surface area (Å²) in [4.78, 5) is 11.0. The van der Waals surface area contributed by atoms with Gasteiger partial charge in [0.05, 0.1) is 0 Å². The lowest BCUT2D eigenvalue weighted by Gasteiger charge is -2.11. The van der Waals surface area contributed by atoms with Gasteiger partial charge in [-0.3, -0.25) is 0 Å². The molecule has 0 aliphatic heterocycles. The van der Waals surface area contributed by atoms with Crippen molar-refractivity contribution < 1.29 is 14.6 Å². The smallest absolute Gasteiger partial charge is 0.339 e. The fourth-order valence-corrected chi connectivity index (χ4v) is 2.13. The molecule has 2 aromatic carbocycles. The van der Waals surface area contributed by atoms with E-state index in [2.05, 4.69) is 21.2 Å². The minimum atomic E-state index is -0.984. The molecular formula is C16H16BrNO3. The van der Waals surface area contributed by atoms with Crippen molar-refractivity contribution in [2.45, 2.75) is 6.92 Å². The molecule has 2 aromatic rings. The van der Waals surface area contributed by atoms with Crippen molar-refractivity contribution in [1.29, 1.82) is 0 Å². The molecule has 0 aromatic heterocycles. The number of hydrogen-bond acceptors (Lipinski definition) is 3. The minimum absolute atomic E-state index is 0.178. The Morgan fingerprint density at radius 2 is 2.05 bits per heavy atom. The predicted octanol–water partition coefficient (Wildman–Crippen LogP) is 3.95. The Balaban J connectivity index is 1.87. The molecular weight excluding hydrogens is 334 g/mol. The van der Waals surface area contributed by atoms with Crippen LogP contribution in [-0.2, 0) is 0 Å². The van der Waals surface area contributed by atoms with Crippen molar-refractivity contribution in [2.24, 2.45) is 0 Å². The lowest BCUT2D eigenvalue weighted by atomic mass is 10.2. The van der Waals surface area contributed by atoms with Crippen LogP contribution in [0.1, 0.15) is 15.9 Å². The maximum atomic E-state index is 11.0. The van der Waals surface area contributed by atoms with Gasteiger partial charge in [0.2, 0.25) is 0 Å². The summed E-state index contributed by atoms with van der Waals surface area (Å²) in [5.41, 5.74) is 2.33. The Morgan fingerprint density at radius 1 is 1.29 bits per heavy atom. The van der Waals surface area contributed by atoms with Gasteiger partial charge in [-0.1, -0.05) is 28.1 Å². The molecule has 0 saturated carbocycles. The van der Waals surface area contributed by atoms with Crippen LogP contribution in [0.5, 0.6) is 5.75 Å². The summed E-state index contributed by atoms with van der Waals surface area (Å²) < 4.78 is 6.59. The second kappa shape index (κ2) is 7.13. The molecule has 0 fully saturated rings. The van der Waals surface area contributed by atoms with Crippen LogP contribution < -0.4 is 10.1 Å². The number of para-hydroxylation sites is 1. The number of aryl methyl sites for hydroxylation is 1. The zero-order chi connectivity index (χ0) is 15.2. The van der Waals surface area contributed by atoms with Crippen molar-refractivity contribution in [3.8, 4) is 5.75 Å². The van der Waals surface area contributed by atoms with Gasteiger partial charge in [-0.25, -0.2) is 4.79 Å². The van der Waals surface area contributed by atoms with E-state index < -0.39 is 5.97 Å². The Hall–Kier alpha value is -2.01. The molecule has 110 valence electrons. The van der Waals surface area contributed by atoms with Gasteiger partial charge in [0.15, 0.2) is 0 Å². The number of halogens is 1. The second-order valence-electron chi connectivity index (χ2n) is 4.54. The number of rotatable bonds is 6. The third kappa shape index (κ3) is 4.23. The molecule has 0 saturated heterocycles. The zero-order valence-electron chi connectivity index (χ0n) is 11.6. The van der Waals surface area contributed by atoms with Crippen LogP contribution in [-0.4, -0.2) is 24.2 Å². The highest BCUT2D eigenvalue weighted by molar-refractivity contribution is 9.10. The molecule has 0 atom stereocenters. The number of benzene rings is 2. The molecule has 4 nitrogen and oxygen atoms in total.